The van der Waals surface area contributed by atoms with Crippen molar-refractivity contribution in [2.75, 3.05) is 0 Å². The SMILES string of the molecule is O=C(Oc1ccc(-c2cccc(F)c2F)c(F)c1F)C1CCCCC1. The van der Waals surface area contributed by atoms with Gasteiger partial charge in [0.2, 0.25) is 5.82 Å². The monoisotopic (exact) mass is 352 g/mol. The van der Waals surface area contributed by atoms with Gasteiger partial charge in [0.1, 0.15) is 0 Å². The predicted octanol–water partition coefficient (Wildman–Crippen LogP) is 5.40. The topological polar surface area (TPSA) is 26.3 Å². The number of ether oxygens (including phenoxy) is 1. The van der Waals surface area contributed by atoms with Gasteiger partial charge in [-0.05, 0) is 31.0 Å². The predicted molar refractivity (Wildman–Crippen MR) is 83.9 cm³/mol. The summed E-state index contributed by atoms with van der Waals surface area (Å²) in [4.78, 5) is 12.1. The Balaban J connectivity index is 1.87. The molecule has 2 nitrogen and oxygen atoms in total. The molecule has 0 amide bonds. The molecule has 0 heterocycles. The number of carbonyl (C=O) groups is 1. The molecule has 0 atom stereocenters. The summed E-state index contributed by atoms with van der Waals surface area (Å²) < 4.78 is 60.6. The maximum absolute atomic E-state index is 14.3. The van der Waals surface area contributed by atoms with E-state index in [1.54, 1.807) is 0 Å². The van der Waals surface area contributed by atoms with E-state index in [1.165, 1.54) is 6.07 Å². The lowest BCUT2D eigenvalue weighted by molar-refractivity contribution is -0.140. The molecule has 0 N–H and O–H groups in total. The van der Waals surface area contributed by atoms with E-state index in [0.717, 1.165) is 43.5 Å². The second kappa shape index (κ2) is 7.25. The zero-order chi connectivity index (χ0) is 18.0. The minimum Gasteiger partial charge on any atom is -0.423 e. The van der Waals surface area contributed by atoms with E-state index in [4.69, 9.17) is 4.74 Å². The third-order valence-electron chi connectivity index (χ3n) is 4.44. The largest absolute Gasteiger partial charge is 0.423 e. The highest BCUT2D eigenvalue weighted by Gasteiger charge is 2.26. The normalized spacial score (nSPS) is 15.2. The van der Waals surface area contributed by atoms with Gasteiger partial charge < -0.3 is 4.74 Å². The molecule has 1 fully saturated rings. The molecule has 1 aliphatic rings. The molecule has 6 heteroatoms. The lowest BCUT2D eigenvalue weighted by atomic mass is 9.89. The molecule has 1 aliphatic carbocycles. The lowest BCUT2D eigenvalue weighted by Crippen LogP contribution is -2.23. The van der Waals surface area contributed by atoms with Crippen LogP contribution in [0, 0.1) is 29.2 Å². The highest BCUT2D eigenvalue weighted by Crippen LogP contribution is 2.33. The molecule has 2 aromatic carbocycles. The van der Waals surface area contributed by atoms with Crippen LogP contribution in [0.2, 0.25) is 0 Å². The van der Waals surface area contributed by atoms with Crippen LogP contribution in [0.5, 0.6) is 5.75 Å². The highest BCUT2D eigenvalue weighted by molar-refractivity contribution is 5.76. The first kappa shape index (κ1) is 17.5. The molecule has 2 aromatic rings. The summed E-state index contributed by atoms with van der Waals surface area (Å²) in [5.41, 5.74) is -0.839. The van der Waals surface area contributed by atoms with Gasteiger partial charge in [-0.25, -0.2) is 13.2 Å². The average molecular weight is 352 g/mol. The van der Waals surface area contributed by atoms with Crippen LogP contribution < -0.4 is 4.74 Å². The molecular formula is C19H16F4O2. The van der Waals surface area contributed by atoms with Gasteiger partial charge in [0.05, 0.1) is 5.92 Å². The summed E-state index contributed by atoms with van der Waals surface area (Å²) in [6, 6.07) is 5.35. The molecule has 0 aromatic heterocycles. The second-order valence-corrected chi connectivity index (χ2v) is 6.10. The van der Waals surface area contributed by atoms with Gasteiger partial charge in [0.15, 0.2) is 23.2 Å². The van der Waals surface area contributed by atoms with Gasteiger partial charge in [-0.15, -0.1) is 0 Å². The van der Waals surface area contributed by atoms with Crippen molar-refractivity contribution in [3.63, 3.8) is 0 Å². The summed E-state index contributed by atoms with van der Waals surface area (Å²) in [5.74, 6) is -6.69. The fourth-order valence-corrected chi connectivity index (χ4v) is 3.06. The van der Waals surface area contributed by atoms with Crippen LogP contribution in [-0.2, 0) is 4.79 Å². The molecule has 0 aliphatic heterocycles. The summed E-state index contributed by atoms with van der Waals surface area (Å²) >= 11 is 0. The van der Waals surface area contributed by atoms with Crippen LogP contribution in [0.1, 0.15) is 32.1 Å². The zero-order valence-corrected chi connectivity index (χ0v) is 13.3. The van der Waals surface area contributed by atoms with Gasteiger partial charge in [0.25, 0.3) is 0 Å². The quantitative estimate of drug-likeness (QED) is 0.420. The van der Waals surface area contributed by atoms with Crippen molar-refractivity contribution >= 4 is 5.97 Å². The Morgan fingerprint density at radius 1 is 0.840 bits per heavy atom. The molecular weight excluding hydrogens is 336 g/mol. The van der Waals surface area contributed by atoms with E-state index in [-0.39, 0.29) is 5.92 Å². The van der Waals surface area contributed by atoms with Gasteiger partial charge in [0, 0.05) is 11.1 Å². The van der Waals surface area contributed by atoms with Gasteiger partial charge in [-0.3, -0.25) is 4.79 Å². The zero-order valence-electron chi connectivity index (χ0n) is 13.3. The van der Waals surface area contributed by atoms with Crippen molar-refractivity contribution < 1.29 is 27.1 Å². The van der Waals surface area contributed by atoms with Crippen molar-refractivity contribution in [3.05, 3.63) is 53.6 Å². The maximum Gasteiger partial charge on any atom is 0.314 e. The van der Waals surface area contributed by atoms with E-state index >= 15 is 0 Å². The number of esters is 1. The van der Waals surface area contributed by atoms with Crippen molar-refractivity contribution in [2.24, 2.45) is 5.92 Å². The Hall–Kier alpha value is -2.37. The van der Waals surface area contributed by atoms with Crippen molar-refractivity contribution in [1.82, 2.24) is 0 Å². The number of hydrogen-bond acceptors (Lipinski definition) is 2. The molecule has 0 radical (unpaired) electrons. The van der Waals surface area contributed by atoms with Crippen molar-refractivity contribution in [1.29, 1.82) is 0 Å². The third kappa shape index (κ3) is 3.52. The number of benzene rings is 2. The van der Waals surface area contributed by atoms with Crippen molar-refractivity contribution in [2.45, 2.75) is 32.1 Å². The number of halogens is 4. The Labute approximate surface area is 142 Å². The van der Waals surface area contributed by atoms with Crippen LogP contribution in [0.15, 0.2) is 30.3 Å². The highest BCUT2D eigenvalue weighted by atomic mass is 19.2. The van der Waals surface area contributed by atoms with Crippen LogP contribution >= 0.6 is 0 Å². The molecule has 0 unspecified atom stereocenters. The Bertz CT molecular complexity index is 798. The fourth-order valence-electron chi connectivity index (χ4n) is 3.06. The van der Waals surface area contributed by atoms with Gasteiger partial charge in [-0.2, -0.15) is 4.39 Å². The van der Waals surface area contributed by atoms with Gasteiger partial charge >= 0.3 is 5.97 Å². The Morgan fingerprint density at radius 3 is 2.24 bits per heavy atom. The van der Waals surface area contributed by atoms with E-state index in [0.29, 0.717) is 12.8 Å². The van der Waals surface area contributed by atoms with Crippen LogP contribution in [0.4, 0.5) is 17.6 Å². The average Bonchev–Trinajstić information content (AvgIpc) is 2.63. The molecule has 132 valence electrons. The maximum atomic E-state index is 14.3. The summed E-state index contributed by atoms with van der Waals surface area (Å²) in [6.07, 6.45) is 4.16. The summed E-state index contributed by atoms with van der Waals surface area (Å²) in [7, 11) is 0. The minimum atomic E-state index is -1.40. The van der Waals surface area contributed by atoms with E-state index in [9.17, 15) is 22.4 Å². The van der Waals surface area contributed by atoms with Crippen molar-refractivity contribution in [3.8, 4) is 16.9 Å². The lowest BCUT2D eigenvalue weighted by Gasteiger charge is -2.20. The first-order valence-electron chi connectivity index (χ1n) is 8.13. The van der Waals surface area contributed by atoms with Gasteiger partial charge in [-0.1, -0.05) is 31.4 Å². The summed E-state index contributed by atoms with van der Waals surface area (Å²) in [5, 5.41) is 0. The molecule has 25 heavy (non-hydrogen) atoms. The Kier molecular flexibility index (Phi) is 5.06. The smallest absolute Gasteiger partial charge is 0.314 e. The number of carbonyl (C=O) groups excluding carboxylic acids is 1. The standard InChI is InChI=1S/C19H16F4O2/c20-14-8-4-7-12(16(14)21)13-9-10-15(18(23)17(13)22)25-19(24)11-5-2-1-3-6-11/h4,7-11H,1-3,5-6H2. The van der Waals surface area contributed by atoms with Crippen LogP contribution in [0.3, 0.4) is 0 Å². The second-order valence-electron chi connectivity index (χ2n) is 6.10. The number of rotatable bonds is 3. The fraction of sp³-hybridized carbons (Fsp3) is 0.316. The molecule has 0 spiro atoms. The van der Waals surface area contributed by atoms with Crippen LogP contribution in [0.25, 0.3) is 11.1 Å². The molecule has 3 rings (SSSR count). The first-order chi connectivity index (χ1) is 12.0. The molecule has 0 bridgehead atoms. The van der Waals surface area contributed by atoms with Crippen LogP contribution in [-0.4, -0.2) is 5.97 Å². The summed E-state index contributed by atoms with van der Waals surface area (Å²) in [6.45, 7) is 0. The minimum absolute atomic E-state index is 0.323. The molecule has 1 saturated carbocycles. The van der Waals surface area contributed by atoms with E-state index in [2.05, 4.69) is 0 Å². The Morgan fingerprint density at radius 2 is 1.52 bits per heavy atom. The first-order valence-corrected chi connectivity index (χ1v) is 8.13. The molecule has 0 saturated heterocycles. The number of hydrogen-bond donors (Lipinski definition) is 0. The van der Waals surface area contributed by atoms with E-state index in [1.807, 2.05) is 0 Å². The van der Waals surface area contributed by atoms with E-state index < -0.39 is 46.1 Å². The third-order valence-corrected chi connectivity index (χ3v) is 4.44.